The molecular formula is C13H14O2. The highest BCUT2D eigenvalue weighted by Crippen LogP contribution is 2.36. The number of hydrogen-bond donors (Lipinski definition) is 1. The summed E-state index contributed by atoms with van der Waals surface area (Å²) in [4.78, 5) is 11.2. The molecular weight excluding hydrogens is 188 g/mol. The Morgan fingerprint density at radius 2 is 2.07 bits per heavy atom. The Balaban J connectivity index is 3.26. The predicted molar refractivity (Wildman–Crippen MR) is 61.4 cm³/mol. The van der Waals surface area contributed by atoms with Gasteiger partial charge in [-0.25, -0.2) is 0 Å². The highest BCUT2D eigenvalue weighted by molar-refractivity contribution is 5.81. The van der Waals surface area contributed by atoms with Gasteiger partial charge in [0.2, 0.25) is 0 Å². The van der Waals surface area contributed by atoms with Crippen LogP contribution in [0.1, 0.15) is 6.42 Å². The third kappa shape index (κ3) is 1.99. The predicted octanol–water partition coefficient (Wildman–Crippen LogP) is 2.87. The van der Waals surface area contributed by atoms with Crippen LogP contribution in [0.5, 0.6) is 0 Å². The molecule has 0 fully saturated rings. The lowest BCUT2D eigenvalue weighted by molar-refractivity contribution is -0.143. The third-order valence-electron chi connectivity index (χ3n) is 2.53. The Morgan fingerprint density at radius 1 is 1.40 bits per heavy atom. The van der Waals surface area contributed by atoms with E-state index in [9.17, 15) is 9.90 Å². The quantitative estimate of drug-likeness (QED) is 0.712. The van der Waals surface area contributed by atoms with Crippen LogP contribution in [0.3, 0.4) is 0 Å². The van der Waals surface area contributed by atoms with Gasteiger partial charge in [0, 0.05) is 0 Å². The molecule has 0 heterocycles. The lowest BCUT2D eigenvalue weighted by Gasteiger charge is -2.26. The first-order valence-electron chi connectivity index (χ1n) is 4.63. The largest absolute Gasteiger partial charge is 0.480 e. The maximum absolute atomic E-state index is 11.2. The van der Waals surface area contributed by atoms with Crippen LogP contribution in [0, 0.1) is 5.41 Å². The molecule has 78 valence electrons. The number of rotatable bonds is 4. The van der Waals surface area contributed by atoms with Gasteiger partial charge >= 0.3 is 5.97 Å². The molecule has 0 saturated heterocycles. The van der Waals surface area contributed by atoms with E-state index in [-0.39, 0.29) is 0 Å². The number of carbonyl (C=O) groups is 1. The molecule has 1 aliphatic carbocycles. The van der Waals surface area contributed by atoms with Gasteiger partial charge in [-0.05, 0) is 17.6 Å². The topological polar surface area (TPSA) is 37.3 Å². The molecule has 0 aromatic heterocycles. The van der Waals surface area contributed by atoms with Gasteiger partial charge in [-0.3, -0.25) is 4.79 Å². The SMILES string of the molecule is C=CC1=CC(C=C)(C(=O)O)CC(C=C)=C1. The van der Waals surface area contributed by atoms with Gasteiger partial charge in [0.15, 0.2) is 0 Å². The Labute approximate surface area is 89.6 Å². The molecule has 1 atom stereocenters. The van der Waals surface area contributed by atoms with E-state index < -0.39 is 11.4 Å². The van der Waals surface area contributed by atoms with Crippen molar-refractivity contribution in [1.82, 2.24) is 0 Å². The summed E-state index contributed by atoms with van der Waals surface area (Å²) in [6.07, 6.45) is 8.69. The second-order valence-corrected chi connectivity index (χ2v) is 3.50. The number of carboxylic acid groups (broad SMARTS) is 1. The van der Waals surface area contributed by atoms with Gasteiger partial charge < -0.3 is 5.11 Å². The van der Waals surface area contributed by atoms with Gasteiger partial charge in [0.25, 0.3) is 0 Å². The first-order chi connectivity index (χ1) is 7.07. The zero-order valence-electron chi connectivity index (χ0n) is 8.57. The minimum atomic E-state index is -1.03. The van der Waals surface area contributed by atoms with Crippen molar-refractivity contribution >= 4 is 5.97 Å². The fourth-order valence-corrected chi connectivity index (χ4v) is 1.60. The summed E-state index contributed by atoms with van der Waals surface area (Å²) in [6.45, 7) is 10.9. The van der Waals surface area contributed by atoms with Crippen LogP contribution in [-0.4, -0.2) is 11.1 Å². The summed E-state index contributed by atoms with van der Waals surface area (Å²) < 4.78 is 0. The fourth-order valence-electron chi connectivity index (χ4n) is 1.60. The zero-order chi connectivity index (χ0) is 11.5. The van der Waals surface area contributed by atoms with E-state index >= 15 is 0 Å². The molecule has 0 amide bonds. The van der Waals surface area contributed by atoms with Crippen LogP contribution in [0.4, 0.5) is 0 Å². The number of allylic oxidation sites excluding steroid dienone is 5. The van der Waals surface area contributed by atoms with Crippen LogP contribution in [-0.2, 0) is 4.79 Å². The third-order valence-corrected chi connectivity index (χ3v) is 2.53. The minimum Gasteiger partial charge on any atom is -0.480 e. The molecule has 0 aliphatic heterocycles. The molecule has 1 unspecified atom stereocenters. The van der Waals surface area contributed by atoms with E-state index in [1.807, 2.05) is 6.08 Å². The van der Waals surface area contributed by atoms with Crippen molar-refractivity contribution in [2.75, 3.05) is 0 Å². The highest BCUT2D eigenvalue weighted by atomic mass is 16.4. The Morgan fingerprint density at radius 3 is 2.47 bits per heavy atom. The van der Waals surface area contributed by atoms with Gasteiger partial charge in [-0.15, -0.1) is 6.58 Å². The fraction of sp³-hybridized carbons (Fsp3) is 0.154. The summed E-state index contributed by atoms with van der Waals surface area (Å²) in [5.74, 6) is -0.899. The molecule has 0 bridgehead atoms. The van der Waals surface area contributed by atoms with Gasteiger partial charge in [0.1, 0.15) is 5.41 Å². The second-order valence-electron chi connectivity index (χ2n) is 3.50. The highest BCUT2D eigenvalue weighted by Gasteiger charge is 2.35. The van der Waals surface area contributed by atoms with Gasteiger partial charge in [-0.1, -0.05) is 43.5 Å². The summed E-state index contributed by atoms with van der Waals surface area (Å²) in [6, 6.07) is 0. The van der Waals surface area contributed by atoms with E-state index in [4.69, 9.17) is 0 Å². The first-order valence-corrected chi connectivity index (χ1v) is 4.63. The summed E-state index contributed by atoms with van der Waals surface area (Å²) in [5, 5.41) is 9.20. The monoisotopic (exact) mass is 202 g/mol. The summed E-state index contributed by atoms with van der Waals surface area (Å²) in [5.41, 5.74) is 0.648. The van der Waals surface area contributed by atoms with E-state index in [0.717, 1.165) is 11.1 Å². The average Bonchev–Trinajstić information content (AvgIpc) is 2.27. The smallest absolute Gasteiger partial charge is 0.317 e. The van der Waals surface area contributed by atoms with Crippen LogP contribution >= 0.6 is 0 Å². The molecule has 0 radical (unpaired) electrons. The average molecular weight is 202 g/mol. The molecule has 15 heavy (non-hydrogen) atoms. The molecule has 2 nitrogen and oxygen atoms in total. The van der Waals surface area contributed by atoms with Crippen LogP contribution < -0.4 is 0 Å². The standard InChI is InChI=1S/C13H14O2/c1-4-10-7-11(5-2)9-13(6-3,8-10)12(14)15/h4-8H,1-3,9H2,(H,14,15). The molecule has 1 aliphatic rings. The molecule has 1 rings (SSSR count). The van der Waals surface area contributed by atoms with Crippen molar-refractivity contribution in [1.29, 1.82) is 0 Å². The lowest BCUT2D eigenvalue weighted by atomic mass is 9.76. The molecule has 0 aromatic carbocycles. The molecule has 2 heteroatoms. The van der Waals surface area contributed by atoms with Crippen molar-refractivity contribution in [3.8, 4) is 0 Å². The second kappa shape index (κ2) is 4.13. The Bertz CT molecular complexity index is 385. The van der Waals surface area contributed by atoms with Crippen LogP contribution in [0.25, 0.3) is 0 Å². The van der Waals surface area contributed by atoms with Crippen molar-refractivity contribution in [2.45, 2.75) is 6.42 Å². The Hall–Kier alpha value is -1.83. The summed E-state index contributed by atoms with van der Waals surface area (Å²) >= 11 is 0. The molecule has 0 aromatic rings. The van der Waals surface area contributed by atoms with Crippen molar-refractivity contribution in [3.05, 3.63) is 61.3 Å². The minimum absolute atomic E-state index is 0.396. The van der Waals surface area contributed by atoms with Crippen molar-refractivity contribution < 1.29 is 9.90 Å². The number of hydrogen-bond acceptors (Lipinski definition) is 1. The van der Waals surface area contributed by atoms with Crippen LogP contribution in [0.15, 0.2) is 61.3 Å². The maximum atomic E-state index is 11.2. The van der Waals surface area contributed by atoms with E-state index in [1.165, 1.54) is 6.08 Å². The normalized spacial score (nSPS) is 24.8. The van der Waals surface area contributed by atoms with E-state index in [0.29, 0.717) is 6.42 Å². The lowest BCUT2D eigenvalue weighted by Crippen LogP contribution is -2.28. The first kappa shape index (κ1) is 11.2. The zero-order valence-corrected chi connectivity index (χ0v) is 8.57. The van der Waals surface area contributed by atoms with Crippen molar-refractivity contribution in [3.63, 3.8) is 0 Å². The van der Waals surface area contributed by atoms with Crippen LogP contribution in [0.2, 0.25) is 0 Å². The molecule has 0 saturated carbocycles. The van der Waals surface area contributed by atoms with Gasteiger partial charge in [-0.2, -0.15) is 0 Å². The number of aliphatic carboxylic acids is 1. The van der Waals surface area contributed by atoms with Crippen molar-refractivity contribution in [2.24, 2.45) is 5.41 Å². The number of carboxylic acids is 1. The van der Waals surface area contributed by atoms with Gasteiger partial charge in [0.05, 0.1) is 0 Å². The molecule has 0 spiro atoms. The molecule has 1 N–H and O–H groups in total. The van der Waals surface area contributed by atoms with E-state index in [2.05, 4.69) is 19.7 Å². The van der Waals surface area contributed by atoms with E-state index in [1.54, 1.807) is 18.2 Å². The maximum Gasteiger partial charge on any atom is 0.317 e. The summed E-state index contributed by atoms with van der Waals surface area (Å²) in [7, 11) is 0. The Kier molecular flexibility index (Phi) is 3.10.